The van der Waals surface area contributed by atoms with Gasteiger partial charge in [0.15, 0.2) is 0 Å². The monoisotopic (exact) mass is 211 g/mol. The molecule has 1 aliphatic rings. The van der Waals surface area contributed by atoms with E-state index < -0.39 is 11.5 Å². The van der Waals surface area contributed by atoms with E-state index in [1.165, 1.54) is 0 Å². The third kappa shape index (κ3) is 1.29. The summed E-state index contributed by atoms with van der Waals surface area (Å²) < 4.78 is 0. The fraction of sp³-hybridized carbons (Fsp3) is 0.300. The number of carboxylic acid groups (broad SMARTS) is 1. The number of halogens is 1. The van der Waals surface area contributed by atoms with Crippen molar-refractivity contribution in [2.24, 2.45) is 5.73 Å². The van der Waals surface area contributed by atoms with Gasteiger partial charge >= 0.3 is 5.97 Å². The predicted molar refractivity (Wildman–Crippen MR) is 53.4 cm³/mol. The van der Waals surface area contributed by atoms with Crippen LogP contribution in [0.1, 0.15) is 17.9 Å². The van der Waals surface area contributed by atoms with Crippen LogP contribution in [0.5, 0.6) is 0 Å². The largest absolute Gasteiger partial charge is 0.480 e. The minimum atomic E-state index is -1.11. The van der Waals surface area contributed by atoms with E-state index in [0.29, 0.717) is 11.4 Å². The summed E-state index contributed by atoms with van der Waals surface area (Å²) in [5.41, 5.74) is 5.40. The maximum atomic E-state index is 10.8. The van der Waals surface area contributed by atoms with Gasteiger partial charge in [-0.05, 0) is 18.1 Å². The second-order valence-electron chi connectivity index (χ2n) is 3.62. The Hall–Kier alpha value is -1.06. The van der Waals surface area contributed by atoms with Crippen molar-refractivity contribution >= 4 is 17.6 Å². The molecule has 0 heterocycles. The Labute approximate surface area is 86.5 Å². The molecule has 0 aliphatic heterocycles. The van der Waals surface area contributed by atoms with E-state index in [-0.39, 0.29) is 5.92 Å². The summed E-state index contributed by atoms with van der Waals surface area (Å²) in [4.78, 5) is 10.8. The minimum Gasteiger partial charge on any atom is -0.480 e. The van der Waals surface area contributed by atoms with Gasteiger partial charge in [-0.2, -0.15) is 0 Å². The Morgan fingerprint density at radius 1 is 1.57 bits per heavy atom. The van der Waals surface area contributed by atoms with Gasteiger partial charge in [0.25, 0.3) is 0 Å². The van der Waals surface area contributed by atoms with Gasteiger partial charge in [0, 0.05) is 10.9 Å². The number of aliphatic carboxylic acids is 1. The highest BCUT2D eigenvalue weighted by molar-refractivity contribution is 6.31. The molecule has 2 atom stereocenters. The van der Waals surface area contributed by atoms with E-state index in [2.05, 4.69) is 0 Å². The molecule has 0 aromatic heterocycles. The van der Waals surface area contributed by atoms with Crippen molar-refractivity contribution < 1.29 is 9.90 Å². The number of rotatable bonds is 2. The van der Waals surface area contributed by atoms with Crippen molar-refractivity contribution in [1.29, 1.82) is 0 Å². The molecule has 0 unspecified atom stereocenters. The lowest BCUT2D eigenvalue weighted by atomic mass is 10.1. The van der Waals surface area contributed by atoms with Gasteiger partial charge in [0.05, 0.1) is 0 Å². The number of nitrogens with two attached hydrogens (primary N) is 1. The molecule has 0 radical (unpaired) electrons. The van der Waals surface area contributed by atoms with Crippen molar-refractivity contribution in [1.82, 2.24) is 0 Å². The Kier molecular flexibility index (Phi) is 2.01. The molecule has 3 N–H and O–H groups in total. The molecule has 1 aromatic carbocycles. The van der Waals surface area contributed by atoms with Crippen molar-refractivity contribution in [2.75, 3.05) is 0 Å². The van der Waals surface area contributed by atoms with Crippen LogP contribution in [0.3, 0.4) is 0 Å². The summed E-state index contributed by atoms with van der Waals surface area (Å²) in [6.07, 6.45) is 0.464. The summed E-state index contributed by atoms with van der Waals surface area (Å²) >= 11 is 5.94. The molecule has 2 rings (SSSR count). The quantitative estimate of drug-likeness (QED) is 0.781. The molecule has 1 saturated carbocycles. The summed E-state index contributed by atoms with van der Waals surface area (Å²) in [5.74, 6) is -1.10. The van der Waals surface area contributed by atoms with E-state index in [1.54, 1.807) is 6.07 Å². The van der Waals surface area contributed by atoms with Crippen LogP contribution in [0.4, 0.5) is 0 Å². The molecule has 1 fully saturated rings. The van der Waals surface area contributed by atoms with Crippen molar-refractivity contribution in [3.63, 3.8) is 0 Å². The minimum absolute atomic E-state index is 0.145. The van der Waals surface area contributed by atoms with Gasteiger partial charge in [0.2, 0.25) is 0 Å². The topological polar surface area (TPSA) is 63.3 Å². The number of hydrogen-bond donors (Lipinski definition) is 2. The van der Waals surface area contributed by atoms with E-state index >= 15 is 0 Å². The van der Waals surface area contributed by atoms with Crippen LogP contribution in [0.2, 0.25) is 5.02 Å². The van der Waals surface area contributed by atoms with Gasteiger partial charge in [-0.15, -0.1) is 0 Å². The Morgan fingerprint density at radius 2 is 2.21 bits per heavy atom. The molecule has 1 aromatic rings. The molecule has 0 amide bonds. The zero-order chi connectivity index (χ0) is 10.3. The van der Waals surface area contributed by atoms with Crippen LogP contribution in [0, 0.1) is 0 Å². The molecular formula is C10H10ClNO2. The Balaban J connectivity index is 2.29. The molecule has 74 valence electrons. The van der Waals surface area contributed by atoms with Crippen LogP contribution in [-0.2, 0) is 4.79 Å². The number of carbonyl (C=O) groups is 1. The first-order chi connectivity index (χ1) is 6.55. The number of hydrogen-bond acceptors (Lipinski definition) is 2. The molecular weight excluding hydrogens is 202 g/mol. The first kappa shape index (κ1) is 9.49. The van der Waals surface area contributed by atoms with Crippen molar-refractivity contribution in [3.05, 3.63) is 34.9 Å². The summed E-state index contributed by atoms with van der Waals surface area (Å²) in [6, 6.07) is 7.22. The van der Waals surface area contributed by atoms with E-state index in [1.807, 2.05) is 18.2 Å². The zero-order valence-corrected chi connectivity index (χ0v) is 8.16. The van der Waals surface area contributed by atoms with Gasteiger partial charge in [0.1, 0.15) is 5.54 Å². The third-order valence-corrected chi connectivity index (χ3v) is 3.03. The average molecular weight is 212 g/mol. The molecule has 1 aliphatic carbocycles. The number of benzene rings is 1. The summed E-state index contributed by atoms with van der Waals surface area (Å²) in [7, 11) is 0. The molecule has 14 heavy (non-hydrogen) atoms. The van der Waals surface area contributed by atoms with Gasteiger partial charge in [-0.1, -0.05) is 29.8 Å². The molecule has 0 spiro atoms. The lowest BCUT2D eigenvalue weighted by Gasteiger charge is -2.06. The second-order valence-corrected chi connectivity index (χ2v) is 4.03. The SMILES string of the molecule is N[C@]1(C(=O)O)C[C@@H]1c1ccccc1Cl. The van der Waals surface area contributed by atoms with Gasteiger partial charge < -0.3 is 10.8 Å². The maximum Gasteiger partial charge on any atom is 0.324 e. The fourth-order valence-electron chi connectivity index (χ4n) is 1.66. The zero-order valence-electron chi connectivity index (χ0n) is 7.40. The molecule has 0 saturated heterocycles. The molecule has 0 bridgehead atoms. The Bertz CT molecular complexity index is 393. The first-order valence-corrected chi connectivity index (χ1v) is 4.70. The summed E-state index contributed by atoms with van der Waals surface area (Å²) in [5, 5.41) is 9.46. The highest BCUT2D eigenvalue weighted by atomic mass is 35.5. The highest BCUT2D eigenvalue weighted by Gasteiger charge is 2.58. The van der Waals surface area contributed by atoms with Crippen LogP contribution >= 0.6 is 11.6 Å². The summed E-state index contributed by atoms with van der Waals surface area (Å²) in [6.45, 7) is 0. The normalized spacial score (nSPS) is 30.0. The third-order valence-electron chi connectivity index (χ3n) is 2.68. The van der Waals surface area contributed by atoms with E-state index in [9.17, 15) is 4.79 Å². The first-order valence-electron chi connectivity index (χ1n) is 4.32. The smallest absolute Gasteiger partial charge is 0.324 e. The molecule has 3 nitrogen and oxygen atoms in total. The average Bonchev–Trinajstić information content (AvgIpc) is 2.80. The lowest BCUT2D eigenvalue weighted by Crippen LogP contribution is -2.34. The van der Waals surface area contributed by atoms with Gasteiger partial charge in [-0.3, -0.25) is 4.79 Å². The van der Waals surface area contributed by atoms with Gasteiger partial charge in [-0.25, -0.2) is 0 Å². The number of carboxylic acids is 1. The van der Waals surface area contributed by atoms with Crippen LogP contribution < -0.4 is 5.73 Å². The van der Waals surface area contributed by atoms with Crippen LogP contribution in [-0.4, -0.2) is 16.6 Å². The van der Waals surface area contributed by atoms with Crippen LogP contribution in [0.25, 0.3) is 0 Å². The van der Waals surface area contributed by atoms with E-state index in [4.69, 9.17) is 22.4 Å². The molecule has 4 heteroatoms. The second kappa shape index (κ2) is 2.97. The van der Waals surface area contributed by atoms with Crippen molar-refractivity contribution in [2.45, 2.75) is 17.9 Å². The standard InChI is InChI=1S/C10H10ClNO2/c11-8-4-2-1-3-6(8)7-5-10(7,12)9(13)14/h1-4,7H,5,12H2,(H,13,14)/t7-,10-/m1/s1. The van der Waals surface area contributed by atoms with Crippen molar-refractivity contribution in [3.8, 4) is 0 Å². The fourth-order valence-corrected chi connectivity index (χ4v) is 1.93. The lowest BCUT2D eigenvalue weighted by molar-refractivity contribution is -0.139. The maximum absolute atomic E-state index is 10.8. The Morgan fingerprint density at radius 3 is 2.71 bits per heavy atom. The predicted octanol–water partition coefficient (Wildman–Crippen LogP) is 1.61. The highest BCUT2D eigenvalue weighted by Crippen LogP contribution is 2.51. The van der Waals surface area contributed by atoms with Crippen LogP contribution in [0.15, 0.2) is 24.3 Å². The van der Waals surface area contributed by atoms with E-state index in [0.717, 1.165) is 5.56 Å².